The van der Waals surface area contributed by atoms with Crippen LogP contribution in [-0.2, 0) is 7.05 Å². The molecule has 60 valence electrons. The van der Waals surface area contributed by atoms with Crippen molar-refractivity contribution in [3.05, 3.63) is 11.8 Å². The third-order valence-electron chi connectivity index (χ3n) is 1.11. The summed E-state index contributed by atoms with van der Waals surface area (Å²) in [5.74, 6) is 0.414. The summed E-state index contributed by atoms with van der Waals surface area (Å²) >= 11 is 0. The van der Waals surface area contributed by atoms with E-state index >= 15 is 0 Å². The molecule has 2 N–H and O–H groups in total. The molecule has 0 atom stereocenters. The topological polar surface area (TPSA) is 67.6 Å². The Balaban J connectivity index is 0.000000461. The van der Waals surface area contributed by atoms with Gasteiger partial charge in [-0.2, -0.15) is 10.4 Å². The van der Waals surface area contributed by atoms with Crippen molar-refractivity contribution in [2.24, 2.45) is 7.05 Å². The number of hydrogen-bond donors (Lipinski definition) is 1. The minimum atomic E-state index is 0.414. The Kier molecular flexibility index (Phi) is 3.75. The highest BCUT2D eigenvalue weighted by Gasteiger charge is 2.00. The molecule has 1 heterocycles. The average Bonchev–Trinajstić information content (AvgIpc) is 2.37. The van der Waals surface area contributed by atoms with Crippen LogP contribution in [0.1, 0.15) is 19.4 Å². The third kappa shape index (κ3) is 1.97. The lowest BCUT2D eigenvalue weighted by Crippen LogP contribution is -1.97. The molecule has 0 radical (unpaired) electrons. The number of aryl methyl sites for hydroxylation is 1. The first-order chi connectivity index (χ1) is 5.25. The van der Waals surface area contributed by atoms with E-state index in [1.165, 1.54) is 10.9 Å². The van der Waals surface area contributed by atoms with E-state index < -0.39 is 0 Å². The largest absolute Gasteiger partial charge is 0.383 e. The van der Waals surface area contributed by atoms with Gasteiger partial charge in [0.05, 0.1) is 6.20 Å². The Labute approximate surface area is 66.2 Å². The van der Waals surface area contributed by atoms with Crippen LogP contribution in [-0.4, -0.2) is 9.78 Å². The van der Waals surface area contributed by atoms with Gasteiger partial charge in [-0.15, -0.1) is 0 Å². The molecule has 1 aromatic heterocycles. The predicted octanol–water partition coefficient (Wildman–Crippen LogP) is 0.900. The molecule has 0 saturated carbocycles. The summed E-state index contributed by atoms with van der Waals surface area (Å²) in [6, 6.07) is 1.91. The number of aromatic nitrogens is 2. The summed E-state index contributed by atoms with van der Waals surface area (Å²) in [6.45, 7) is 4.00. The smallest absolute Gasteiger partial charge is 0.139 e. The molecule has 4 nitrogen and oxygen atoms in total. The van der Waals surface area contributed by atoms with Gasteiger partial charge in [-0.3, -0.25) is 4.68 Å². The van der Waals surface area contributed by atoms with Crippen molar-refractivity contribution >= 4 is 5.82 Å². The minimum absolute atomic E-state index is 0.414. The summed E-state index contributed by atoms with van der Waals surface area (Å²) < 4.78 is 1.46. The molecule has 11 heavy (non-hydrogen) atoms. The van der Waals surface area contributed by atoms with E-state index in [1.807, 2.05) is 19.9 Å². The normalized spacial score (nSPS) is 7.82. The lowest BCUT2D eigenvalue weighted by molar-refractivity contribution is 0.779. The average molecular weight is 152 g/mol. The minimum Gasteiger partial charge on any atom is -0.383 e. The SMILES string of the molecule is CC.Cn1ncc(C#N)c1N. The van der Waals surface area contributed by atoms with Crippen molar-refractivity contribution in [2.75, 3.05) is 5.73 Å². The molecule has 0 spiro atoms. The molecule has 0 fully saturated rings. The second-order valence-corrected chi connectivity index (χ2v) is 1.68. The molecule has 0 amide bonds. The van der Waals surface area contributed by atoms with Crippen LogP contribution in [0.25, 0.3) is 0 Å². The second kappa shape index (κ2) is 4.34. The standard InChI is InChI=1S/C5H6N4.C2H6/c1-9-5(7)4(2-6)3-8-9;1-2/h3H,7H2,1H3;1-2H3. The van der Waals surface area contributed by atoms with Crippen molar-refractivity contribution < 1.29 is 0 Å². The zero-order valence-corrected chi connectivity index (χ0v) is 7.00. The molecule has 0 aliphatic carbocycles. The Morgan fingerprint density at radius 1 is 1.64 bits per heavy atom. The van der Waals surface area contributed by atoms with E-state index in [1.54, 1.807) is 7.05 Å². The van der Waals surface area contributed by atoms with Crippen molar-refractivity contribution in [3.8, 4) is 6.07 Å². The van der Waals surface area contributed by atoms with Crippen LogP contribution in [0.2, 0.25) is 0 Å². The van der Waals surface area contributed by atoms with Gasteiger partial charge < -0.3 is 5.73 Å². The molecule has 0 aromatic carbocycles. The fraction of sp³-hybridized carbons (Fsp3) is 0.429. The highest BCUT2D eigenvalue weighted by atomic mass is 15.3. The van der Waals surface area contributed by atoms with Gasteiger partial charge in [0.15, 0.2) is 0 Å². The molecule has 4 heteroatoms. The number of hydrogen-bond acceptors (Lipinski definition) is 3. The summed E-state index contributed by atoms with van der Waals surface area (Å²) in [5, 5.41) is 12.1. The molecule has 1 aromatic rings. The van der Waals surface area contributed by atoms with Crippen LogP contribution in [0.5, 0.6) is 0 Å². The Morgan fingerprint density at radius 2 is 2.18 bits per heavy atom. The lowest BCUT2D eigenvalue weighted by Gasteiger charge is -1.89. The van der Waals surface area contributed by atoms with Crippen LogP contribution in [0.3, 0.4) is 0 Å². The van der Waals surface area contributed by atoms with Crippen LogP contribution in [0.15, 0.2) is 6.20 Å². The lowest BCUT2D eigenvalue weighted by atomic mass is 10.4. The summed E-state index contributed by atoms with van der Waals surface area (Å²) in [6.07, 6.45) is 1.44. The Bertz CT molecular complexity index is 256. The third-order valence-corrected chi connectivity index (χ3v) is 1.11. The fourth-order valence-electron chi connectivity index (χ4n) is 0.533. The first-order valence-corrected chi connectivity index (χ1v) is 3.43. The van der Waals surface area contributed by atoms with Crippen LogP contribution in [0.4, 0.5) is 5.82 Å². The van der Waals surface area contributed by atoms with Gasteiger partial charge in [0.1, 0.15) is 17.5 Å². The number of nitriles is 1. The van der Waals surface area contributed by atoms with Gasteiger partial charge in [-0.05, 0) is 0 Å². The molecule has 0 bridgehead atoms. The van der Waals surface area contributed by atoms with E-state index in [4.69, 9.17) is 11.0 Å². The number of nitrogen functional groups attached to an aromatic ring is 1. The van der Waals surface area contributed by atoms with Crippen molar-refractivity contribution in [1.82, 2.24) is 9.78 Å². The zero-order chi connectivity index (χ0) is 8.85. The highest BCUT2D eigenvalue weighted by Crippen LogP contribution is 2.05. The maximum absolute atomic E-state index is 8.35. The number of nitrogens with zero attached hydrogens (tertiary/aromatic N) is 3. The number of anilines is 1. The maximum atomic E-state index is 8.35. The van der Waals surface area contributed by atoms with E-state index in [9.17, 15) is 0 Å². The van der Waals surface area contributed by atoms with Gasteiger partial charge in [0.2, 0.25) is 0 Å². The molecule has 0 aliphatic rings. The molecule has 1 rings (SSSR count). The van der Waals surface area contributed by atoms with E-state index in [0.29, 0.717) is 11.4 Å². The van der Waals surface area contributed by atoms with E-state index in [0.717, 1.165) is 0 Å². The molecule has 0 saturated heterocycles. The molecule has 0 unspecified atom stereocenters. The van der Waals surface area contributed by atoms with Crippen LogP contribution < -0.4 is 5.73 Å². The zero-order valence-electron chi connectivity index (χ0n) is 7.00. The predicted molar refractivity (Wildman–Crippen MR) is 43.7 cm³/mol. The van der Waals surface area contributed by atoms with Crippen LogP contribution in [0, 0.1) is 11.3 Å². The van der Waals surface area contributed by atoms with Crippen LogP contribution >= 0.6 is 0 Å². The van der Waals surface area contributed by atoms with Crippen molar-refractivity contribution in [1.29, 1.82) is 5.26 Å². The summed E-state index contributed by atoms with van der Waals surface area (Å²) in [5.41, 5.74) is 5.82. The monoisotopic (exact) mass is 152 g/mol. The van der Waals surface area contributed by atoms with Crippen molar-refractivity contribution in [2.45, 2.75) is 13.8 Å². The fourth-order valence-corrected chi connectivity index (χ4v) is 0.533. The van der Waals surface area contributed by atoms with Gasteiger partial charge in [-0.25, -0.2) is 0 Å². The van der Waals surface area contributed by atoms with E-state index in [2.05, 4.69) is 5.10 Å². The first kappa shape index (κ1) is 9.50. The van der Waals surface area contributed by atoms with Crippen molar-refractivity contribution in [3.63, 3.8) is 0 Å². The van der Waals surface area contributed by atoms with Gasteiger partial charge in [0, 0.05) is 7.05 Å². The Morgan fingerprint density at radius 3 is 2.36 bits per heavy atom. The van der Waals surface area contributed by atoms with E-state index in [-0.39, 0.29) is 0 Å². The van der Waals surface area contributed by atoms with Gasteiger partial charge >= 0.3 is 0 Å². The number of rotatable bonds is 0. The summed E-state index contributed by atoms with van der Waals surface area (Å²) in [4.78, 5) is 0. The summed E-state index contributed by atoms with van der Waals surface area (Å²) in [7, 11) is 1.69. The first-order valence-electron chi connectivity index (χ1n) is 3.43. The molecular formula is C7H12N4. The Hall–Kier alpha value is -1.50. The quantitative estimate of drug-likeness (QED) is 0.600. The molecular weight excluding hydrogens is 140 g/mol. The highest BCUT2D eigenvalue weighted by molar-refractivity contribution is 5.46. The van der Waals surface area contributed by atoms with Gasteiger partial charge in [0.25, 0.3) is 0 Å². The van der Waals surface area contributed by atoms with Gasteiger partial charge in [-0.1, -0.05) is 13.8 Å². The maximum Gasteiger partial charge on any atom is 0.139 e. The second-order valence-electron chi connectivity index (χ2n) is 1.68. The molecule has 0 aliphatic heterocycles. The number of nitrogens with two attached hydrogens (primary N) is 1.